The molecule has 1 amide bonds. The van der Waals surface area contributed by atoms with Crippen molar-refractivity contribution in [1.82, 2.24) is 14.8 Å². The zero-order chi connectivity index (χ0) is 22.4. The lowest BCUT2D eigenvalue weighted by Gasteiger charge is -2.16. The van der Waals surface area contributed by atoms with Gasteiger partial charge < -0.3 is 14.6 Å². The number of anilines is 1. The molecule has 3 rings (SSSR count). The molecule has 6 nitrogen and oxygen atoms in total. The summed E-state index contributed by atoms with van der Waals surface area (Å²) in [7, 11) is 0. The number of aromatic nitrogens is 3. The van der Waals surface area contributed by atoms with Gasteiger partial charge in [0.05, 0.1) is 5.75 Å². The van der Waals surface area contributed by atoms with Crippen molar-refractivity contribution >= 4 is 23.4 Å². The van der Waals surface area contributed by atoms with Crippen molar-refractivity contribution < 1.29 is 9.53 Å². The van der Waals surface area contributed by atoms with E-state index in [4.69, 9.17) is 4.74 Å². The summed E-state index contributed by atoms with van der Waals surface area (Å²) in [5.74, 6) is 1.75. The molecule has 0 radical (unpaired) electrons. The molecule has 3 aromatic rings. The number of carbonyl (C=O) groups excluding carboxylic acids is 1. The zero-order valence-corrected chi connectivity index (χ0v) is 19.6. The van der Waals surface area contributed by atoms with Crippen molar-refractivity contribution in [1.29, 1.82) is 0 Å². The minimum atomic E-state index is -0.252. The molecule has 0 aliphatic heterocycles. The molecule has 0 bridgehead atoms. The molecule has 0 aliphatic rings. The van der Waals surface area contributed by atoms with Gasteiger partial charge in [-0.2, -0.15) is 0 Å². The van der Waals surface area contributed by atoms with E-state index in [9.17, 15) is 4.79 Å². The van der Waals surface area contributed by atoms with E-state index < -0.39 is 0 Å². The third-order valence-electron chi connectivity index (χ3n) is 5.28. The van der Waals surface area contributed by atoms with Crippen LogP contribution in [0.25, 0.3) is 0 Å². The maximum atomic E-state index is 12.5. The third-order valence-corrected chi connectivity index (χ3v) is 6.25. The summed E-state index contributed by atoms with van der Waals surface area (Å²) < 4.78 is 8.07. The van der Waals surface area contributed by atoms with Gasteiger partial charge in [-0.25, -0.2) is 0 Å². The molecule has 1 N–H and O–H groups in total. The molecule has 31 heavy (non-hydrogen) atoms. The Morgan fingerprint density at radius 1 is 1.13 bits per heavy atom. The molecule has 1 atom stereocenters. The van der Waals surface area contributed by atoms with Crippen LogP contribution in [0.15, 0.2) is 47.6 Å². The SMILES string of the molecule is CCc1ccc(O[C@@H](C)c2nnc(SCC(=O)Nc3cccc(C)c3C)n2CC)cc1. The fourth-order valence-corrected chi connectivity index (χ4v) is 4.08. The van der Waals surface area contributed by atoms with Crippen LogP contribution >= 0.6 is 11.8 Å². The van der Waals surface area contributed by atoms with Gasteiger partial charge in [0.2, 0.25) is 5.91 Å². The molecule has 0 fully saturated rings. The summed E-state index contributed by atoms with van der Waals surface area (Å²) in [4.78, 5) is 12.5. The molecule has 7 heteroatoms. The lowest BCUT2D eigenvalue weighted by molar-refractivity contribution is -0.113. The van der Waals surface area contributed by atoms with Gasteiger partial charge in [-0.1, -0.05) is 43.0 Å². The van der Waals surface area contributed by atoms with Crippen LogP contribution in [-0.4, -0.2) is 26.4 Å². The average molecular weight is 439 g/mol. The second-order valence-electron chi connectivity index (χ2n) is 7.43. The standard InChI is InChI=1S/C24H30N4O2S/c1-6-19-11-13-20(14-12-19)30-18(5)23-26-27-24(28(23)7-2)31-15-22(29)25-21-10-8-9-16(3)17(21)4/h8-14,18H,6-7,15H2,1-5H3,(H,25,29)/t18-/m0/s1. The van der Waals surface area contributed by atoms with Crippen LogP contribution in [0, 0.1) is 13.8 Å². The van der Waals surface area contributed by atoms with Crippen molar-refractivity contribution in [2.24, 2.45) is 0 Å². The zero-order valence-electron chi connectivity index (χ0n) is 18.8. The fourth-order valence-electron chi connectivity index (χ4n) is 3.27. The van der Waals surface area contributed by atoms with Crippen molar-refractivity contribution in [3.05, 3.63) is 65.0 Å². The predicted molar refractivity (Wildman–Crippen MR) is 126 cm³/mol. The first-order chi connectivity index (χ1) is 14.9. The predicted octanol–water partition coefficient (Wildman–Crippen LogP) is 5.35. The third kappa shape index (κ3) is 5.67. The van der Waals surface area contributed by atoms with Crippen LogP contribution in [0.4, 0.5) is 5.69 Å². The van der Waals surface area contributed by atoms with Crippen LogP contribution in [0.3, 0.4) is 0 Å². The molecule has 1 aromatic heterocycles. The number of thioether (sulfide) groups is 1. The molecule has 164 valence electrons. The smallest absolute Gasteiger partial charge is 0.234 e. The van der Waals surface area contributed by atoms with E-state index in [1.54, 1.807) is 0 Å². The highest BCUT2D eigenvalue weighted by Gasteiger charge is 2.19. The number of aryl methyl sites for hydroxylation is 2. The largest absolute Gasteiger partial charge is 0.483 e. The summed E-state index contributed by atoms with van der Waals surface area (Å²) in [5.41, 5.74) is 4.35. The maximum absolute atomic E-state index is 12.5. The van der Waals surface area contributed by atoms with E-state index in [1.807, 2.05) is 62.6 Å². The van der Waals surface area contributed by atoms with Gasteiger partial charge in [0.15, 0.2) is 17.1 Å². The van der Waals surface area contributed by atoms with Gasteiger partial charge >= 0.3 is 0 Å². The Morgan fingerprint density at radius 3 is 2.55 bits per heavy atom. The Morgan fingerprint density at radius 2 is 1.87 bits per heavy atom. The quantitative estimate of drug-likeness (QED) is 0.456. The number of nitrogens with zero attached hydrogens (tertiary/aromatic N) is 3. The van der Waals surface area contributed by atoms with Gasteiger partial charge in [-0.05, 0) is 69.0 Å². The second kappa shape index (κ2) is 10.5. The first kappa shape index (κ1) is 22.9. The normalized spacial score (nSPS) is 11.9. The first-order valence-electron chi connectivity index (χ1n) is 10.6. The molecule has 0 saturated carbocycles. The van der Waals surface area contributed by atoms with Crippen LogP contribution in [0.1, 0.15) is 49.4 Å². The van der Waals surface area contributed by atoms with Crippen LogP contribution in [0.5, 0.6) is 5.75 Å². The van der Waals surface area contributed by atoms with Crippen LogP contribution in [-0.2, 0) is 17.8 Å². The minimum absolute atomic E-state index is 0.0637. The number of nitrogens with one attached hydrogen (secondary N) is 1. The van der Waals surface area contributed by atoms with Gasteiger partial charge in [-0.15, -0.1) is 10.2 Å². The Kier molecular flexibility index (Phi) is 7.74. The Hall–Kier alpha value is -2.80. The van der Waals surface area contributed by atoms with Gasteiger partial charge in [0.25, 0.3) is 0 Å². The monoisotopic (exact) mass is 438 g/mol. The summed E-state index contributed by atoms with van der Waals surface area (Å²) in [6.07, 6.45) is 0.746. The lowest BCUT2D eigenvalue weighted by atomic mass is 10.1. The molecule has 0 saturated heterocycles. The molecular weight excluding hydrogens is 408 g/mol. The Labute approximate surface area is 188 Å². The average Bonchev–Trinajstić information content (AvgIpc) is 3.19. The number of hydrogen-bond donors (Lipinski definition) is 1. The van der Waals surface area contributed by atoms with Crippen molar-refractivity contribution in [2.45, 2.75) is 58.8 Å². The van der Waals surface area contributed by atoms with E-state index in [-0.39, 0.29) is 17.8 Å². The highest BCUT2D eigenvalue weighted by atomic mass is 32.2. The highest BCUT2D eigenvalue weighted by Crippen LogP contribution is 2.25. The van der Waals surface area contributed by atoms with E-state index >= 15 is 0 Å². The molecule has 0 spiro atoms. The van der Waals surface area contributed by atoms with Crippen LogP contribution < -0.4 is 10.1 Å². The molecule has 0 unspecified atom stereocenters. The van der Waals surface area contributed by atoms with Gasteiger partial charge in [0.1, 0.15) is 5.75 Å². The van der Waals surface area contributed by atoms with Crippen molar-refractivity contribution in [2.75, 3.05) is 11.1 Å². The van der Waals surface area contributed by atoms with Crippen molar-refractivity contribution in [3.8, 4) is 5.75 Å². The Bertz CT molecular complexity index is 1030. The van der Waals surface area contributed by atoms with E-state index in [0.29, 0.717) is 11.7 Å². The number of benzene rings is 2. The first-order valence-corrected chi connectivity index (χ1v) is 11.6. The van der Waals surface area contributed by atoms with Crippen molar-refractivity contribution in [3.63, 3.8) is 0 Å². The fraction of sp³-hybridized carbons (Fsp3) is 0.375. The molecule has 2 aromatic carbocycles. The van der Waals surface area contributed by atoms with E-state index in [0.717, 1.165) is 34.8 Å². The minimum Gasteiger partial charge on any atom is -0.483 e. The summed E-state index contributed by atoms with van der Waals surface area (Å²) in [6.45, 7) is 10.9. The number of ether oxygens (including phenoxy) is 1. The molecule has 0 aliphatic carbocycles. The summed E-state index contributed by atoms with van der Waals surface area (Å²) in [5, 5.41) is 12.3. The van der Waals surface area contributed by atoms with E-state index in [1.165, 1.54) is 17.3 Å². The second-order valence-corrected chi connectivity index (χ2v) is 8.37. The topological polar surface area (TPSA) is 69.0 Å². The van der Waals surface area contributed by atoms with Gasteiger partial charge in [0, 0.05) is 12.2 Å². The Balaban J connectivity index is 1.63. The number of rotatable bonds is 9. The lowest BCUT2D eigenvalue weighted by Crippen LogP contribution is -2.16. The maximum Gasteiger partial charge on any atom is 0.234 e. The van der Waals surface area contributed by atoms with Gasteiger partial charge in [-0.3, -0.25) is 4.79 Å². The summed E-state index contributed by atoms with van der Waals surface area (Å²) in [6, 6.07) is 14.0. The van der Waals surface area contributed by atoms with E-state index in [2.05, 4.69) is 34.6 Å². The molecule has 1 heterocycles. The van der Waals surface area contributed by atoms with Crippen LogP contribution in [0.2, 0.25) is 0 Å². The highest BCUT2D eigenvalue weighted by molar-refractivity contribution is 7.99. The molecular formula is C24H30N4O2S. The summed E-state index contributed by atoms with van der Waals surface area (Å²) >= 11 is 1.38. The number of amides is 1. The number of hydrogen-bond acceptors (Lipinski definition) is 5. The number of carbonyl (C=O) groups is 1.